The summed E-state index contributed by atoms with van der Waals surface area (Å²) in [5, 5.41) is 0. The van der Waals surface area contributed by atoms with Gasteiger partial charge in [-0.2, -0.15) is 9.30 Å². The van der Waals surface area contributed by atoms with Crippen LogP contribution in [-0.2, 0) is 26.4 Å². The lowest BCUT2D eigenvalue weighted by molar-refractivity contribution is 0.0997. The van der Waals surface area contributed by atoms with Crippen LogP contribution in [0.15, 0.2) is 57.2 Å². The fraction of sp³-hybridized carbons (Fsp3) is 0.273. The third kappa shape index (κ3) is 4.65. The topological polar surface area (TPSA) is 106 Å². The largest absolute Gasteiger partial charge is 0.305 e. The molecule has 0 radical (unpaired) electrons. The quantitative estimate of drug-likeness (QED) is 0.497. The molecule has 1 fully saturated rings. The summed E-state index contributed by atoms with van der Waals surface area (Å²) in [4.78, 5) is 17.6. The number of sulfonamides is 1. The lowest BCUT2D eigenvalue weighted by Gasteiger charge is -2.15. The Kier molecular flexibility index (Phi) is 6.28. The Labute approximate surface area is 196 Å². The predicted molar refractivity (Wildman–Crippen MR) is 126 cm³/mol. The molecule has 172 valence electrons. The van der Waals surface area contributed by atoms with Crippen LogP contribution < -0.4 is 4.80 Å². The van der Waals surface area contributed by atoms with E-state index < -0.39 is 25.8 Å². The Morgan fingerprint density at radius 2 is 1.70 bits per heavy atom. The highest BCUT2D eigenvalue weighted by molar-refractivity contribution is 7.90. The summed E-state index contributed by atoms with van der Waals surface area (Å²) in [7, 11) is -6.96. The number of rotatable bonds is 5. The number of carbonyl (C=O) groups is 1. The van der Waals surface area contributed by atoms with Gasteiger partial charge in [0.05, 0.1) is 26.6 Å². The zero-order chi connectivity index (χ0) is 23.8. The Morgan fingerprint density at radius 1 is 1.06 bits per heavy atom. The smallest absolute Gasteiger partial charge is 0.279 e. The summed E-state index contributed by atoms with van der Waals surface area (Å²) in [6, 6.07) is 10.4. The van der Waals surface area contributed by atoms with Crippen molar-refractivity contribution in [2.24, 2.45) is 4.99 Å². The fourth-order valence-corrected chi connectivity index (χ4v) is 6.92. The molecule has 0 spiro atoms. The van der Waals surface area contributed by atoms with Crippen molar-refractivity contribution in [3.05, 3.63) is 52.8 Å². The highest BCUT2D eigenvalue weighted by atomic mass is 32.2. The Hall–Kier alpha value is -2.78. The van der Waals surface area contributed by atoms with Gasteiger partial charge in [-0.1, -0.05) is 17.3 Å². The minimum Gasteiger partial charge on any atom is -0.305 e. The van der Waals surface area contributed by atoms with Crippen molar-refractivity contribution < 1.29 is 21.6 Å². The monoisotopic (exact) mass is 503 g/mol. The third-order valence-corrected chi connectivity index (χ3v) is 9.40. The predicted octanol–water partition coefficient (Wildman–Crippen LogP) is 2.27. The molecule has 1 saturated heterocycles. The van der Waals surface area contributed by atoms with Crippen molar-refractivity contribution in [1.82, 2.24) is 8.87 Å². The molecule has 8 nitrogen and oxygen atoms in total. The van der Waals surface area contributed by atoms with E-state index in [1.165, 1.54) is 40.7 Å². The molecule has 1 aromatic heterocycles. The van der Waals surface area contributed by atoms with E-state index in [2.05, 4.69) is 10.9 Å². The number of benzene rings is 2. The molecule has 0 unspecified atom stereocenters. The van der Waals surface area contributed by atoms with Crippen molar-refractivity contribution in [3.63, 3.8) is 0 Å². The van der Waals surface area contributed by atoms with Gasteiger partial charge in [0.25, 0.3) is 5.91 Å². The number of hydrogen-bond donors (Lipinski definition) is 0. The number of nitrogens with zero attached hydrogens (tertiary/aromatic N) is 3. The molecule has 1 aliphatic heterocycles. The molecule has 0 saturated carbocycles. The van der Waals surface area contributed by atoms with Crippen LogP contribution in [-0.4, -0.2) is 51.0 Å². The number of thiazole rings is 1. The standard InChI is InChI=1S/C22H21N3O5S3/c1-3-12-25-19-11-10-18(32(2,27)28)15-20(19)31-22(25)23-21(26)16-6-8-17(9-7-16)33(29,30)24-13-4-5-14-24/h1,6-11,15H,4-5,12-14H2,2H3. The number of sulfone groups is 1. The van der Waals surface area contributed by atoms with E-state index >= 15 is 0 Å². The van der Waals surface area contributed by atoms with Crippen LogP contribution in [0.4, 0.5) is 0 Å². The molecule has 2 aromatic carbocycles. The first-order valence-corrected chi connectivity index (χ1v) is 14.2. The highest BCUT2D eigenvalue weighted by Gasteiger charge is 2.27. The number of carbonyl (C=O) groups excluding carboxylic acids is 1. The first-order chi connectivity index (χ1) is 15.6. The molecule has 0 aliphatic carbocycles. The number of hydrogen-bond acceptors (Lipinski definition) is 6. The van der Waals surface area contributed by atoms with Gasteiger partial charge in [0, 0.05) is 24.9 Å². The average Bonchev–Trinajstić information content (AvgIpc) is 3.42. The van der Waals surface area contributed by atoms with Gasteiger partial charge >= 0.3 is 0 Å². The molecule has 0 atom stereocenters. The second-order valence-electron chi connectivity index (χ2n) is 7.63. The first-order valence-electron chi connectivity index (χ1n) is 10.1. The molecule has 3 aromatic rings. The highest BCUT2D eigenvalue weighted by Crippen LogP contribution is 2.23. The lowest BCUT2D eigenvalue weighted by atomic mass is 10.2. The summed E-state index contributed by atoms with van der Waals surface area (Å²) < 4.78 is 52.8. The summed E-state index contributed by atoms with van der Waals surface area (Å²) in [6.45, 7) is 1.15. The van der Waals surface area contributed by atoms with Crippen LogP contribution in [0.25, 0.3) is 10.2 Å². The molecule has 33 heavy (non-hydrogen) atoms. The van der Waals surface area contributed by atoms with Crippen LogP contribution in [0, 0.1) is 12.3 Å². The van der Waals surface area contributed by atoms with Crippen LogP contribution >= 0.6 is 11.3 Å². The van der Waals surface area contributed by atoms with Crippen molar-refractivity contribution in [2.45, 2.75) is 29.2 Å². The van der Waals surface area contributed by atoms with Crippen molar-refractivity contribution in [1.29, 1.82) is 0 Å². The van der Waals surface area contributed by atoms with Crippen molar-refractivity contribution in [3.8, 4) is 12.3 Å². The van der Waals surface area contributed by atoms with Crippen LogP contribution in [0.1, 0.15) is 23.2 Å². The first kappa shape index (κ1) is 23.4. The van der Waals surface area contributed by atoms with Gasteiger partial charge in [-0.05, 0) is 55.3 Å². The summed E-state index contributed by atoms with van der Waals surface area (Å²) in [5.74, 6) is 1.97. The summed E-state index contributed by atoms with van der Waals surface area (Å²) in [6.07, 6.45) is 8.29. The van der Waals surface area contributed by atoms with E-state index in [0.29, 0.717) is 28.1 Å². The molecule has 2 heterocycles. The third-order valence-electron chi connectivity index (χ3n) is 5.33. The zero-order valence-corrected chi connectivity index (χ0v) is 20.2. The number of fused-ring (bicyclic) bond motifs is 1. The fourth-order valence-electron chi connectivity index (χ4n) is 3.61. The Bertz CT molecular complexity index is 1550. The SMILES string of the molecule is C#CCn1c(=NC(=O)c2ccc(S(=O)(=O)N3CCCC3)cc2)sc2cc(S(C)(=O)=O)ccc21. The second-order valence-corrected chi connectivity index (χ2v) is 12.6. The number of aromatic nitrogens is 1. The van der Waals surface area contributed by atoms with Gasteiger partial charge in [0.2, 0.25) is 10.0 Å². The van der Waals surface area contributed by atoms with Gasteiger partial charge in [0.1, 0.15) is 0 Å². The second kappa shape index (κ2) is 8.87. The molecule has 4 rings (SSSR count). The maximum atomic E-state index is 12.8. The van der Waals surface area contributed by atoms with Crippen LogP contribution in [0.5, 0.6) is 0 Å². The summed E-state index contributed by atoms with van der Waals surface area (Å²) >= 11 is 1.15. The van der Waals surface area contributed by atoms with Gasteiger partial charge in [-0.25, -0.2) is 16.8 Å². The van der Waals surface area contributed by atoms with Crippen LogP contribution in [0.3, 0.4) is 0 Å². The number of terminal acetylenes is 1. The maximum Gasteiger partial charge on any atom is 0.279 e. The van der Waals surface area contributed by atoms with E-state index in [-0.39, 0.29) is 21.9 Å². The minimum absolute atomic E-state index is 0.138. The average molecular weight is 504 g/mol. The Morgan fingerprint density at radius 3 is 2.30 bits per heavy atom. The van der Waals surface area contributed by atoms with E-state index in [0.717, 1.165) is 30.4 Å². The van der Waals surface area contributed by atoms with Gasteiger partial charge < -0.3 is 4.57 Å². The molecule has 0 N–H and O–H groups in total. The molecule has 1 aliphatic rings. The zero-order valence-electron chi connectivity index (χ0n) is 17.8. The number of amides is 1. The summed E-state index contributed by atoms with van der Waals surface area (Å²) in [5.41, 5.74) is 0.904. The lowest BCUT2D eigenvalue weighted by Crippen LogP contribution is -2.27. The Balaban J connectivity index is 1.71. The van der Waals surface area contributed by atoms with Crippen molar-refractivity contribution in [2.75, 3.05) is 19.3 Å². The van der Waals surface area contributed by atoms with E-state index in [4.69, 9.17) is 6.42 Å². The molecule has 11 heteroatoms. The van der Waals surface area contributed by atoms with Gasteiger partial charge in [0.15, 0.2) is 14.6 Å². The van der Waals surface area contributed by atoms with Crippen LogP contribution in [0.2, 0.25) is 0 Å². The molecule has 0 bridgehead atoms. The molecular weight excluding hydrogens is 482 g/mol. The van der Waals surface area contributed by atoms with E-state index in [1.807, 2.05) is 0 Å². The van der Waals surface area contributed by atoms with Crippen molar-refractivity contribution >= 4 is 47.3 Å². The maximum absolute atomic E-state index is 12.8. The normalized spacial score (nSPS) is 15.7. The van der Waals surface area contributed by atoms with Gasteiger partial charge in [-0.15, -0.1) is 6.42 Å². The molecular formula is C22H21N3O5S3. The van der Waals surface area contributed by atoms with E-state index in [9.17, 15) is 21.6 Å². The van der Waals surface area contributed by atoms with E-state index in [1.54, 1.807) is 10.6 Å². The van der Waals surface area contributed by atoms with Gasteiger partial charge in [-0.3, -0.25) is 4.79 Å². The molecule has 1 amide bonds. The minimum atomic E-state index is -3.57.